The van der Waals surface area contributed by atoms with Crippen molar-refractivity contribution >= 4 is 5.69 Å². The molecule has 1 aliphatic heterocycles. The highest BCUT2D eigenvalue weighted by molar-refractivity contribution is 5.55. The van der Waals surface area contributed by atoms with Crippen LogP contribution in [-0.2, 0) is 6.54 Å². The Morgan fingerprint density at radius 1 is 1.33 bits per heavy atom. The summed E-state index contributed by atoms with van der Waals surface area (Å²) in [6.45, 7) is 4.33. The first-order valence-electron chi connectivity index (χ1n) is 8.48. The second-order valence-electron chi connectivity index (χ2n) is 6.39. The average molecular weight is 329 g/mol. The monoisotopic (exact) mass is 329 g/mol. The van der Waals surface area contributed by atoms with Crippen LogP contribution in [-0.4, -0.2) is 29.3 Å². The molecule has 5 heteroatoms. The number of anilines is 1. The Hall–Kier alpha value is -1.98. The summed E-state index contributed by atoms with van der Waals surface area (Å²) in [6.07, 6.45) is 4.88. The molecular formula is C19H24FN3O. The van der Waals surface area contributed by atoms with Crippen LogP contribution in [0.1, 0.15) is 36.9 Å². The van der Waals surface area contributed by atoms with E-state index in [2.05, 4.69) is 15.2 Å². The Bertz CT molecular complexity index is 657. The van der Waals surface area contributed by atoms with Gasteiger partial charge in [-0.1, -0.05) is 6.07 Å². The van der Waals surface area contributed by atoms with Gasteiger partial charge in [0.15, 0.2) is 0 Å². The van der Waals surface area contributed by atoms with Gasteiger partial charge in [-0.2, -0.15) is 0 Å². The molecule has 1 unspecified atom stereocenters. The Kier molecular flexibility index (Phi) is 5.43. The van der Waals surface area contributed by atoms with Crippen molar-refractivity contribution in [3.8, 4) is 0 Å². The normalized spacial score (nSPS) is 17.0. The summed E-state index contributed by atoms with van der Waals surface area (Å²) in [6, 6.07) is 8.92. The van der Waals surface area contributed by atoms with Crippen LogP contribution in [0.4, 0.5) is 10.1 Å². The van der Waals surface area contributed by atoms with Crippen LogP contribution in [0.3, 0.4) is 0 Å². The minimum absolute atomic E-state index is 0.0164. The molecule has 0 bridgehead atoms. The predicted molar refractivity (Wildman–Crippen MR) is 93.3 cm³/mol. The maximum absolute atomic E-state index is 13.8. The number of halogens is 1. The quantitative estimate of drug-likeness (QED) is 0.885. The van der Waals surface area contributed by atoms with Crippen molar-refractivity contribution in [3.63, 3.8) is 0 Å². The fourth-order valence-corrected chi connectivity index (χ4v) is 3.15. The van der Waals surface area contributed by atoms with Gasteiger partial charge in [0.1, 0.15) is 5.82 Å². The van der Waals surface area contributed by atoms with Crippen LogP contribution in [0.2, 0.25) is 0 Å². The van der Waals surface area contributed by atoms with E-state index in [1.54, 1.807) is 12.3 Å². The van der Waals surface area contributed by atoms with Gasteiger partial charge in [-0.3, -0.25) is 4.98 Å². The first-order chi connectivity index (χ1) is 11.6. The van der Waals surface area contributed by atoms with E-state index in [4.69, 9.17) is 0 Å². The summed E-state index contributed by atoms with van der Waals surface area (Å²) in [7, 11) is 0. The van der Waals surface area contributed by atoms with Crippen molar-refractivity contribution in [1.29, 1.82) is 0 Å². The first kappa shape index (κ1) is 16.9. The van der Waals surface area contributed by atoms with E-state index >= 15 is 0 Å². The summed E-state index contributed by atoms with van der Waals surface area (Å²) >= 11 is 0. The molecule has 0 radical (unpaired) electrons. The predicted octanol–water partition coefficient (Wildman–Crippen LogP) is 3.03. The molecule has 0 aliphatic carbocycles. The summed E-state index contributed by atoms with van der Waals surface area (Å²) in [5.41, 5.74) is 3.10. The first-order valence-corrected chi connectivity index (χ1v) is 8.48. The molecule has 1 saturated heterocycles. The van der Waals surface area contributed by atoms with Crippen molar-refractivity contribution in [2.45, 2.75) is 38.5 Å². The molecule has 0 saturated carbocycles. The second kappa shape index (κ2) is 7.73. The number of benzene rings is 1. The van der Waals surface area contributed by atoms with Crippen molar-refractivity contribution < 1.29 is 9.50 Å². The van der Waals surface area contributed by atoms with Gasteiger partial charge >= 0.3 is 0 Å². The standard InChI is InChI=1S/C19H24FN3O/c1-14(22-13-15-3-2-8-21-12-15)18-11-16(20)4-5-19(18)23-9-6-17(24)7-10-23/h2-5,8,11-12,14,17,22,24H,6-7,9-10,13H2,1H3. The smallest absolute Gasteiger partial charge is 0.123 e. The Morgan fingerprint density at radius 3 is 2.83 bits per heavy atom. The summed E-state index contributed by atoms with van der Waals surface area (Å²) in [5.74, 6) is -0.221. The number of rotatable bonds is 5. The lowest BCUT2D eigenvalue weighted by molar-refractivity contribution is 0.145. The second-order valence-corrected chi connectivity index (χ2v) is 6.39. The van der Waals surface area contributed by atoms with Crippen LogP contribution in [0.5, 0.6) is 0 Å². The third-order valence-corrected chi connectivity index (χ3v) is 4.60. The molecule has 4 nitrogen and oxygen atoms in total. The van der Waals surface area contributed by atoms with E-state index in [1.165, 1.54) is 6.07 Å². The number of nitrogens with zero attached hydrogens (tertiary/aromatic N) is 2. The largest absolute Gasteiger partial charge is 0.393 e. The number of hydrogen-bond acceptors (Lipinski definition) is 4. The van der Waals surface area contributed by atoms with Crippen LogP contribution < -0.4 is 10.2 Å². The van der Waals surface area contributed by atoms with Gasteiger partial charge in [-0.15, -0.1) is 0 Å². The van der Waals surface area contributed by atoms with E-state index in [0.29, 0.717) is 6.54 Å². The zero-order valence-electron chi connectivity index (χ0n) is 14.0. The molecule has 24 heavy (non-hydrogen) atoms. The molecular weight excluding hydrogens is 305 g/mol. The van der Waals surface area contributed by atoms with Crippen molar-refractivity contribution in [3.05, 3.63) is 59.7 Å². The average Bonchev–Trinajstić information content (AvgIpc) is 2.61. The lowest BCUT2D eigenvalue weighted by Crippen LogP contribution is -2.37. The van der Waals surface area contributed by atoms with Crippen LogP contribution in [0.15, 0.2) is 42.7 Å². The van der Waals surface area contributed by atoms with Gasteiger partial charge in [0.2, 0.25) is 0 Å². The summed E-state index contributed by atoms with van der Waals surface area (Å²) < 4.78 is 13.8. The number of aromatic nitrogens is 1. The lowest BCUT2D eigenvalue weighted by Gasteiger charge is -2.34. The van der Waals surface area contributed by atoms with E-state index in [-0.39, 0.29) is 18.0 Å². The molecule has 0 amide bonds. The Labute approximate surface area is 142 Å². The van der Waals surface area contributed by atoms with E-state index in [0.717, 1.165) is 42.7 Å². The number of aliphatic hydroxyl groups excluding tert-OH is 1. The number of aliphatic hydroxyl groups is 1. The summed E-state index contributed by atoms with van der Waals surface area (Å²) in [5, 5.41) is 13.1. The molecule has 1 aromatic heterocycles. The lowest BCUT2D eigenvalue weighted by atomic mass is 10.0. The van der Waals surface area contributed by atoms with E-state index < -0.39 is 0 Å². The highest BCUT2D eigenvalue weighted by Crippen LogP contribution is 2.29. The molecule has 2 aromatic rings. The third kappa shape index (κ3) is 4.10. The fourth-order valence-electron chi connectivity index (χ4n) is 3.15. The third-order valence-electron chi connectivity index (χ3n) is 4.60. The van der Waals surface area contributed by atoms with Crippen LogP contribution >= 0.6 is 0 Å². The van der Waals surface area contributed by atoms with Crippen LogP contribution in [0, 0.1) is 5.82 Å². The van der Waals surface area contributed by atoms with Gasteiger partial charge in [0.05, 0.1) is 6.10 Å². The molecule has 2 N–H and O–H groups in total. The van der Waals surface area contributed by atoms with Crippen molar-refractivity contribution in [1.82, 2.24) is 10.3 Å². The maximum Gasteiger partial charge on any atom is 0.123 e. The highest BCUT2D eigenvalue weighted by Gasteiger charge is 2.21. The minimum Gasteiger partial charge on any atom is -0.393 e. The molecule has 1 aliphatic rings. The number of nitrogens with one attached hydrogen (secondary N) is 1. The molecule has 1 fully saturated rings. The molecule has 2 heterocycles. The highest BCUT2D eigenvalue weighted by atomic mass is 19.1. The topological polar surface area (TPSA) is 48.4 Å². The number of pyridine rings is 1. The summed E-state index contributed by atoms with van der Waals surface area (Å²) in [4.78, 5) is 6.36. The molecule has 1 aromatic carbocycles. The van der Waals surface area contributed by atoms with E-state index in [1.807, 2.05) is 31.3 Å². The van der Waals surface area contributed by atoms with Crippen molar-refractivity contribution in [2.75, 3.05) is 18.0 Å². The zero-order chi connectivity index (χ0) is 16.9. The molecule has 0 spiro atoms. The van der Waals surface area contributed by atoms with E-state index in [9.17, 15) is 9.50 Å². The number of hydrogen-bond donors (Lipinski definition) is 2. The number of piperidine rings is 1. The minimum atomic E-state index is -0.221. The Morgan fingerprint density at radius 2 is 2.12 bits per heavy atom. The van der Waals surface area contributed by atoms with Gasteiger partial charge in [0.25, 0.3) is 0 Å². The fraction of sp³-hybridized carbons (Fsp3) is 0.421. The molecule has 1 atom stereocenters. The SMILES string of the molecule is CC(NCc1cccnc1)c1cc(F)ccc1N1CCC(O)CC1. The van der Waals surface area contributed by atoms with Gasteiger partial charge in [-0.25, -0.2) is 4.39 Å². The zero-order valence-corrected chi connectivity index (χ0v) is 14.0. The van der Waals surface area contributed by atoms with Crippen molar-refractivity contribution in [2.24, 2.45) is 0 Å². The maximum atomic E-state index is 13.8. The van der Waals surface area contributed by atoms with Gasteiger partial charge in [-0.05, 0) is 55.2 Å². The molecule has 128 valence electrons. The molecule has 3 rings (SSSR count). The van der Waals surface area contributed by atoms with Gasteiger partial charge < -0.3 is 15.3 Å². The Balaban J connectivity index is 1.74. The van der Waals surface area contributed by atoms with Gasteiger partial charge in [0, 0.05) is 43.8 Å². The van der Waals surface area contributed by atoms with Crippen LogP contribution in [0.25, 0.3) is 0 Å².